The summed E-state index contributed by atoms with van der Waals surface area (Å²) in [6.45, 7) is 2.00. The highest BCUT2D eigenvalue weighted by Gasteiger charge is 2.49. The molecule has 2 unspecified atom stereocenters. The zero-order valence-corrected chi connectivity index (χ0v) is 7.16. The van der Waals surface area contributed by atoms with Gasteiger partial charge in [0, 0.05) is 6.42 Å². The Kier molecular flexibility index (Phi) is 1.67. The molecule has 64 valence electrons. The number of hydrogen-bond acceptors (Lipinski definition) is 2. The van der Waals surface area contributed by atoms with Gasteiger partial charge in [-0.15, -0.1) is 0 Å². The SMILES string of the molecule is CC1OC1(N)Cc1ccccc1. The molecule has 1 heterocycles. The number of rotatable bonds is 2. The highest BCUT2D eigenvalue weighted by Crippen LogP contribution is 2.33. The summed E-state index contributed by atoms with van der Waals surface area (Å²) in [5.41, 5.74) is 6.75. The van der Waals surface area contributed by atoms with Crippen molar-refractivity contribution in [3.8, 4) is 0 Å². The smallest absolute Gasteiger partial charge is 0.147 e. The molecule has 1 aromatic carbocycles. The van der Waals surface area contributed by atoms with E-state index in [1.807, 2.05) is 25.1 Å². The van der Waals surface area contributed by atoms with E-state index in [9.17, 15) is 0 Å². The Morgan fingerprint density at radius 2 is 2.00 bits per heavy atom. The Balaban J connectivity index is 2.06. The predicted molar refractivity (Wildman–Crippen MR) is 47.6 cm³/mol. The molecule has 2 nitrogen and oxygen atoms in total. The normalized spacial score (nSPS) is 33.3. The Bertz CT molecular complexity index is 272. The molecule has 2 N–H and O–H groups in total. The molecule has 1 fully saturated rings. The summed E-state index contributed by atoms with van der Waals surface area (Å²) >= 11 is 0. The number of ether oxygens (including phenoxy) is 1. The molecule has 12 heavy (non-hydrogen) atoms. The average molecular weight is 163 g/mol. The summed E-state index contributed by atoms with van der Waals surface area (Å²) in [6, 6.07) is 10.2. The maximum Gasteiger partial charge on any atom is 0.147 e. The van der Waals surface area contributed by atoms with Crippen LogP contribution in [0.3, 0.4) is 0 Å². The first kappa shape index (κ1) is 7.77. The third kappa shape index (κ3) is 1.36. The fourth-order valence-electron chi connectivity index (χ4n) is 1.40. The van der Waals surface area contributed by atoms with Crippen molar-refractivity contribution in [1.29, 1.82) is 0 Å². The quantitative estimate of drug-likeness (QED) is 0.667. The summed E-state index contributed by atoms with van der Waals surface area (Å²) in [5.74, 6) is 0. The molecule has 2 atom stereocenters. The largest absolute Gasteiger partial charge is 0.350 e. The molecule has 0 aromatic heterocycles. The van der Waals surface area contributed by atoms with Gasteiger partial charge in [0.2, 0.25) is 0 Å². The first-order valence-corrected chi connectivity index (χ1v) is 4.21. The van der Waals surface area contributed by atoms with E-state index >= 15 is 0 Å². The lowest BCUT2D eigenvalue weighted by atomic mass is 10.1. The van der Waals surface area contributed by atoms with Gasteiger partial charge < -0.3 is 10.5 Å². The van der Waals surface area contributed by atoms with Crippen LogP contribution in [0.4, 0.5) is 0 Å². The monoisotopic (exact) mass is 163 g/mol. The molecule has 0 spiro atoms. The fraction of sp³-hybridized carbons (Fsp3) is 0.400. The Morgan fingerprint density at radius 3 is 2.50 bits per heavy atom. The van der Waals surface area contributed by atoms with Gasteiger partial charge in [-0.2, -0.15) is 0 Å². The van der Waals surface area contributed by atoms with Crippen molar-refractivity contribution >= 4 is 0 Å². The Morgan fingerprint density at radius 1 is 1.42 bits per heavy atom. The van der Waals surface area contributed by atoms with Crippen molar-refractivity contribution in [2.45, 2.75) is 25.2 Å². The first-order valence-electron chi connectivity index (χ1n) is 4.21. The maximum absolute atomic E-state index is 5.90. The molecule has 1 aliphatic rings. The number of nitrogens with two attached hydrogens (primary N) is 1. The highest BCUT2D eigenvalue weighted by molar-refractivity contribution is 5.19. The molecule has 2 rings (SSSR count). The Labute approximate surface area is 72.3 Å². The second-order valence-electron chi connectivity index (χ2n) is 3.38. The standard InChI is InChI=1S/C10H13NO/c1-8-10(11,12-8)7-9-5-3-2-4-6-9/h2-6,8H,7,11H2,1H3. The van der Waals surface area contributed by atoms with E-state index in [-0.39, 0.29) is 11.8 Å². The van der Waals surface area contributed by atoms with Gasteiger partial charge >= 0.3 is 0 Å². The minimum Gasteiger partial charge on any atom is -0.350 e. The minimum atomic E-state index is -0.388. The summed E-state index contributed by atoms with van der Waals surface area (Å²) in [7, 11) is 0. The number of benzene rings is 1. The van der Waals surface area contributed by atoms with Crippen LogP contribution < -0.4 is 5.73 Å². The van der Waals surface area contributed by atoms with Gasteiger partial charge in [-0.1, -0.05) is 30.3 Å². The zero-order valence-electron chi connectivity index (χ0n) is 7.16. The van der Waals surface area contributed by atoms with E-state index < -0.39 is 0 Å². The summed E-state index contributed by atoms with van der Waals surface area (Å²) < 4.78 is 5.29. The van der Waals surface area contributed by atoms with Crippen molar-refractivity contribution in [3.05, 3.63) is 35.9 Å². The molecule has 0 saturated carbocycles. The van der Waals surface area contributed by atoms with Crippen LogP contribution in [0.1, 0.15) is 12.5 Å². The molecule has 1 saturated heterocycles. The molecule has 0 amide bonds. The van der Waals surface area contributed by atoms with Gasteiger partial charge in [-0.05, 0) is 12.5 Å². The Hall–Kier alpha value is -0.860. The minimum absolute atomic E-state index is 0.206. The van der Waals surface area contributed by atoms with E-state index in [2.05, 4.69) is 12.1 Å². The van der Waals surface area contributed by atoms with Gasteiger partial charge in [0.05, 0.1) is 6.10 Å². The number of epoxide rings is 1. The van der Waals surface area contributed by atoms with Crippen LogP contribution in [0.15, 0.2) is 30.3 Å². The third-order valence-electron chi connectivity index (χ3n) is 2.35. The van der Waals surface area contributed by atoms with Crippen LogP contribution in [-0.2, 0) is 11.2 Å². The van der Waals surface area contributed by atoms with Gasteiger partial charge in [0.25, 0.3) is 0 Å². The lowest BCUT2D eigenvalue weighted by Crippen LogP contribution is -2.29. The lowest BCUT2D eigenvalue weighted by Gasteiger charge is -2.04. The second-order valence-corrected chi connectivity index (χ2v) is 3.38. The van der Waals surface area contributed by atoms with E-state index in [1.165, 1.54) is 5.56 Å². The predicted octanol–water partition coefficient (Wildman–Crippen LogP) is 1.30. The fourth-order valence-corrected chi connectivity index (χ4v) is 1.40. The van der Waals surface area contributed by atoms with Crippen LogP contribution in [-0.4, -0.2) is 11.8 Å². The van der Waals surface area contributed by atoms with Gasteiger partial charge in [-0.25, -0.2) is 0 Å². The molecule has 0 radical (unpaired) electrons. The van der Waals surface area contributed by atoms with Gasteiger partial charge in [0.15, 0.2) is 0 Å². The third-order valence-corrected chi connectivity index (χ3v) is 2.35. The van der Waals surface area contributed by atoms with E-state index in [0.717, 1.165) is 6.42 Å². The van der Waals surface area contributed by atoms with Crippen LogP contribution in [0.2, 0.25) is 0 Å². The first-order chi connectivity index (χ1) is 5.71. The summed E-state index contributed by atoms with van der Waals surface area (Å²) in [6.07, 6.45) is 1.02. The lowest BCUT2D eigenvalue weighted by molar-refractivity contribution is 0.299. The second kappa shape index (κ2) is 2.57. The average Bonchev–Trinajstić information content (AvgIpc) is 2.61. The zero-order chi connectivity index (χ0) is 8.60. The molecule has 1 aliphatic heterocycles. The van der Waals surface area contributed by atoms with Crippen LogP contribution >= 0.6 is 0 Å². The van der Waals surface area contributed by atoms with E-state index in [4.69, 9.17) is 10.5 Å². The van der Waals surface area contributed by atoms with E-state index in [0.29, 0.717) is 0 Å². The highest BCUT2D eigenvalue weighted by atomic mass is 16.6. The van der Waals surface area contributed by atoms with Crippen LogP contribution in [0.5, 0.6) is 0 Å². The molecular weight excluding hydrogens is 150 g/mol. The maximum atomic E-state index is 5.90. The van der Waals surface area contributed by atoms with Gasteiger partial charge in [0.1, 0.15) is 5.72 Å². The van der Waals surface area contributed by atoms with E-state index in [1.54, 1.807) is 0 Å². The molecule has 2 heteroatoms. The molecule has 0 aliphatic carbocycles. The summed E-state index contributed by atoms with van der Waals surface area (Å²) in [5, 5.41) is 0. The molecular formula is C10H13NO. The van der Waals surface area contributed by atoms with Crippen molar-refractivity contribution in [3.63, 3.8) is 0 Å². The van der Waals surface area contributed by atoms with Crippen LogP contribution in [0, 0.1) is 0 Å². The van der Waals surface area contributed by atoms with Crippen molar-refractivity contribution < 1.29 is 4.74 Å². The van der Waals surface area contributed by atoms with Crippen LogP contribution in [0.25, 0.3) is 0 Å². The van der Waals surface area contributed by atoms with Crippen molar-refractivity contribution in [1.82, 2.24) is 0 Å². The van der Waals surface area contributed by atoms with Crippen molar-refractivity contribution in [2.24, 2.45) is 5.73 Å². The summed E-state index contributed by atoms with van der Waals surface area (Å²) in [4.78, 5) is 0. The topological polar surface area (TPSA) is 38.5 Å². The molecule has 1 aromatic rings. The molecule has 0 bridgehead atoms. The van der Waals surface area contributed by atoms with Crippen molar-refractivity contribution in [2.75, 3.05) is 0 Å². The number of hydrogen-bond donors (Lipinski definition) is 1. The van der Waals surface area contributed by atoms with Gasteiger partial charge in [-0.3, -0.25) is 0 Å².